The summed E-state index contributed by atoms with van der Waals surface area (Å²) in [4.78, 5) is 28.6. The van der Waals surface area contributed by atoms with Crippen molar-refractivity contribution in [3.8, 4) is 0 Å². The summed E-state index contributed by atoms with van der Waals surface area (Å²) >= 11 is 0. The van der Waals surface area contributed by atoms with Crippen LogP contribution in [0.3, 0.4) is 0 Å². The molecule has 1 N–H and O–H groups in total. The molecule has 0 aliphatic carbocycles. The maximum atomic E-state index is 12.9. The summed E-state index contributed by atoms with van der Waals surface area (Å²) in [6.07, 6.45) is 2.03. The molecular weight excluding hydrogens is 342 g/mol. The minimum absolute atomic E-state index is 0.0410. The number of nitrogens with one attached hydrogen (secondary N) is 1. The Morgan fingerprint density at radius 1 is 1.07 bits per heavy atom. The van der Waals surface area contributed by atoms with E-state index in [1.165, 1.54) is 0 Å². The van der Waals surface area contributed by atoms with E-state index in [9.17, 15) is 9.59 Å². The number of piperazine rings is 1. The minimum atomic E-state index is -0.0814. The van der Waals surface area contributed by atoms with Gasteiger partial charge in [0.1, 0.15) is 5.76 Å². The standard InChI is InChI=1S/C21H27N3O3/c1-2-22-20(25)16-23-10-12-24(13-11-23)21(26)15-18(19-9-6-14-27-19)17-7-4-3-5-8-17/h3-9,14,18H,2,10-13,15-16H2,1H3,(H,22,25). The monoisotopic (exact) mass is 369 g/mol. The third-order valence-corrected chi connectivity index (χ3v) is 4.93. The molecule has 2 amide bonds. The summed E-state index contributed by atoms with van der Waals surface area (Å²) in [6.45, 7) is 5.70. The van der Waals surface area contributed by atoms with E-state index in [1.807, 2.05) is 54.3 Å². The second-order valence-corrected chi connectivity index (χ2v) is 6.79. The normalized spacial score (nSPS) is 16.1. The molecule has 6 nitrogen and oxygen atoms in total. The first kappa shape index (κ1) is 19.2. The number of hydrogen-bond donors (Lipinski definition) is 1. The van der Waals surface area contributed by atoms with Gasteiger partial charge in [-0.25, -0.2) is 0 Å². The summed E-state index contributed by atoms with van der Waals surface area (Å²) < 4.78 is 5.60. The van der Waals surface area contributed by atoms with Gasteiger partial charge in [-0.15, -0.1) is 0 Å². The van der Waals surface area contributed by atoms with Gasteiger partial charge < -0.3 is 14.6 Å². The molecule has 1 aromatic carbocycles. The van der Waals surface area contributed by atoms with E-state index in [0.717, 1.165) is 24.4 Å². The van der Waals surface area contributed by atoms with Gasteiger partial charge in [0.05, 0.1) is 18.7 Å². The highest BCUT2D eigenvalue weighted by atomic mass is 16.3. The van der Waals surface area contributed by atoms with E-state index >= 15 is 0 Å². The molecule has 1 aliphatic rings. The van der Waals surface area contributed by atoms with Gasteiger partial charge in [0.15, 0.2) is 0 Å². The topological polar surface area (TPSA) is 65.8 Å². The van der Waals surface area contributed by atoms with Gasteiger partial charge in [0.2, 0.25) is 11.8 Å². The van der Waals surface area contributed by atoms with E-state index < -0.39 is 0 Å². The third kappa shape index (κ3) is 5.20. The molecule has 144 valence electrons. The van der Waals surface area contributed by atoms with Crippen molar-refractivity contribution in [2.24, 2.45) is 0 Å². The van der Waals surface area contributed by atoms with Crippen LogP contribution in [0.25, 0.3) is 0 Å². The van der Waals surface area contributed by atoms with E-state index in [0.29, 0.717) is 32.6 Å². The van der Waals surface area contributed by atoms with Crippen LogP contribution in [0.5, 0.6) is 0 Å². The van der Waals surface area contributed by atoms with Crippen molar-refractivity contribution >= 4 is 11.8 Å². The third-order valence-electron chi connectivity index (χ3n) is 4.93. The number of hydrogen-bond acceptors (Lipinski definition) is 4. The Labute approximate surface area is 160 Å². The molecule has 0 bridgehead atoms. The molecule has 0 radical (unpaired) electrons. The molecule has 1 aromatic heterocycles. The van der Waals surface area contributed by atoms with Gasteiger partial charge in [-0.2, -0.15) is 0 Å². The second kappa shape index (κ2) is 9.37. The van der Waals surface area contributed by atoms with E-state index in [4.69, 9.17) is 4.42 Å². The Bertz CT molecular complexity index is 722. The highest BCUT2D eigenvalue weighted by Crippen LogP contribution is 2.29. The first-order chi connectivity index (χ1) is 13.2. The van der Waals surface area contributed by atoms with Crippen LogP contribution in [-0.2, 0) is 9.59 Å². The number of benzene rings is 1. The fourth-order valence-electron chi connectivity index (χ4n) is 3.47. The Hall–Kier alpha value is -2.60. The smallest absolute Gasteiger partial charge is 0.234 e. The molecule has 1 aliphatic heterocycles. The molecule has 3 rings (SSSR count). The number of carbonyl (C=O) groups is 2. The molecule has 2 heterocycles. The predicted octanol–water partition coefficient (Wildman–Crippen LogP) is 2.08. The molecule has 1 saturated heterocycles. The number of carbonyl (C=O) groups excluding carboxylic acids is 2. The average molecular weight is 369 g/mol. The summed E-state index contributed by atoms with van der Waals surface area (Å²) in [6, 6.07) is 13.8. The summed E-state index contributed by atoms with van der Waals surface area (Å²) in [5, 5.41) is 2.82. The first-order valence-electron chi connectivity index (χ1n) is 9.52. The van der Waals surface area contributed by atoms with Crippen molar-refractivity contribution in [1.29, 1.82) is 0 Å². The number of nitrogens with zero attached hydrogens (tertiary/aromatic N) is 2. The average Bonchev–Trinajstić information content (AvgIpc) is 3.22. The van der Waals surface area contributed by atoms with E-state index in [2.05, 4.69) is 10.2 Å². The maximum Gasteiger partial charge on any atom is 0.234 e. The molecule has 6 heteroatoms. The van der Waals surface area contributed by atoms with Gasteiger partial charge in [-0.3, -0.25) is 14.5 Å². The van der Waals surface area contributed by atoms with Crippen molar-refractivity contribution in [1.82, 2.24) is 15.1 Å². The lowest BCUT2D eigenvalue weighted by Gasteiger charge is -2.35. The fourth-order valence-corrected chi connectivity index (χ4v) is 3.47. The van der Waals surface area contributed by atoms with Crippen molar-refractivity contribution in [3.05, 3.63) is 60.1 Å². The van der Waals surface area contributed by atoms with Crippen LogP contribution in [-0.4, -0.2) is 60.9 Å². The molecule has 0 saturated carbocycles. The van der Waals surface area contributed by atoms with E-state index in [1.54, 1.807) is 6.26 Å². The van der Waals surface area contributed by atoms with Crippen LogP contribution in [0.4, 0.5) is 0 Å². The number of rotatable bonds is 7. The first-order valence-corrected chi connectivity index (χ1v) is 9.52. The van der Waals surface area contributed by atoms with Gasteiger partial charge in [0, 0.05) is 39.1 Å². The zero-order valence-electron chi connectivity index (χ0n) is 15.8. The van der Waals surface area contributed by atoms with Crippen LogP contribution in [0.1, 0.15) is 30.6 Å². The zero-order chi connectivity index (χ0) is 19.1. The number of likely N-dealkylation sites (N-methyl/N-ethyl adjacent to an activating group) is 1. The maximum absolute atomic E-state index is 12.9. The molecule has 2 aromatic rings. The summed E-state index contributed by atoms with van der Waals surface area (Å²) in [5.74, 6) is 0.892. The Balaban J connectivity index is 1.58. The second-order valence-electron chi connectivity index (χ2n) is 6.79. The molecule has 27 heavy (non-hydrogen) atoms. The largest absolute Gasteiger partial charge is 0.469 e. The number of amides is 2. The van der Waals surface area contributed by atoms with Crippen LogP contribution in [0.15, 0.2) is 53.1 Å². The number of furan rings is 1. The summed E-state index contributed by atoms with van der Waals surface area (Å²) in [7, 11) is 0. The Morgan fingerprint density at radius 2 is 1.81 bits per heavy atom. The fraction of sp³-hybridized carbons (Fsp3) is 0.429. The minimum Gasteiger partial charge on any atom is -0.469 e. The van der Waals surface area contributed by atoms with Gasteiger partial charge in [-0.1, -0.05) is 30.3 Å². The lowest BCUT2D eigenvalue weighted by Crippen LogP contribution is -2.51. The predicted molar refractivity (Wildman–Crippen MR) is 103 cm³/mol. The molecular formula is C21H27N3O3. The van der Waals surface area contributed by atoms with Gasteiger partial charge >= 0.3 is 0 Å². The van der Waals surface area contributed by atoms with Crippen molar-refractivity contribution < 1.29 is 14.0 Å². The van der Waals surface area contributed by atoms with Crippen molar-refractivity contribution in [2.75, 3.05) is 39.3 Å². The van der Waals surface area contributed by atoms with Gasteiger partial charge in [0.25, 0.3) is 0 Å². The zero-order valence-corrected chi connectivity index (χ0v) is 15.8. The Morgan fingerprint density at radius 3 is 2.44 bits per heavy atom. The Kier molecular flexibility index (Phi) is 6.65. The lowest BCUT2D eigenvalue weighted by molar-refractivity contribution is -0.133. The quantitative estimate of drug-likeness (QED) is 0.812. The van der Waals surface area contributed by atoms with Crippen LogP contribution in [0, 0.1) is 0 Å². The highest BCUT2D eigenvalue weighted by Gasteiger charge is 2.26. The van der Waals surface area contributed by atoms with E-state index in [-0.39, 0.29) is 17.7 Å². The highest BCUT2D eigenvalue weighted by molar-refractivity contribution is 5.79. The SMILES string of the molecule is CCNC(=O)CN1CCN(C(=O)CC(c2ccccc2)c2ccco2)CC1. The molecule has 1 fully saturated rings. The van der Waals surface area contributed by atoms with Gasteiger partial charge in [-0.05, 0) is 24.6 Å². The van der Waals surface area contributed by atoms with Crippen LogP contribution < -0.4 is 5.32 Å². The van der Waals surface area contributed by atoms with Crippen LogP contribution >= 0.6 is 0 Å². The molecule has 1 atom stereocenters. The van der Waals surface area contributed by atoms with Crippen LogP contribution in [0.2, 0.25) is 0 Å². The molecule has 1 unspecified atom stereocenters. The van der Waals surface area contributed by atoms with Crippen molar-refractivity contribution in [3.63, 3.8) is 0 Å². The molecule has 0 spiro atoms. The van der Waals surface area contributed by atoms with Crippen molar-refractivity contribution in [2.45, 2.75) is 19.3 Å². The summed E-state index contributed by atoms with van der Waals surface area (Å²) in [5.41, 5.74) is 1.08. The lowest BCUT2D eigenvalue weighted by atomic mass is 9.92.